The van der Waals surface area contributed by atoms with E-state index in [9.17, 15) is 4.79 Å². The van der Waals surface area contributed by atoms with Crippen LogP contribution in [-0.2, 0) is 9.53 Å². The van der Waals surface area contributed by atoms with Gasteiger partial charge in [-0.2, -0.15) is 0 Å². The van der Waals surface area contributed by atoms with E-state index in [-0.39, 0.29) is 18.6 Å². The first kappa shape index (κ1) is 11.5. The van der Waals surface area contributed by atoms with Crippen LogP contribution in [-0.4, -0.2) is 43.7 Å². The quantitative estimate of drug-likeness (QED) is 0.709. The zero-order valence-corrected chi connectivity index (χ0v) is 9.03. The molecule has 0 aromatic rings. The van der Waals surface area contributed by atoms with Crippen LogP contribution >= 0.6 is 0 Å². The number of nitrogens with zero attached hydrogens (tertiary/aromatic N) is 1. The summed E-state index contributed by atoms with van der Waals surface area (Å²) in [7, 11) is 1.54. The first-order valence-corrected chi connectivity index (χ1v) is 5.19. The molecule has 0 saturated carbocycles. The van der Waals surface area contributed by atoms with Crippen LogP contribution in [0.4, 0.5) is 0 Å². The standard InChI is InChI=1S/C10H20N2O2/c1-8-4-3-5-12(9(8)6-11)10(13)7-14-2/h8-9H,3-7,11H2,1-2H3. The SMILES string of the molecule is COCC(=O)N1CCCC(C)C1CN. The van der Waals surface area contributed by atoms with Gasteiger partial charge < -0.3 is 15.4 Å². The molecule has 1 rings (SSSR count). The van der Waals surface area contributed by atoms with Gasteiger partial charge in [-0.15, -0.1) is 0 Å². The van der Waals surface area contributed by atoms with Crippen molar-refractivity contribution in [3.05, 3.63) is 0 Å². The van der Waals surface area contributed by atoms with Crippen molar-refractivity contribution in [3.8, 4) is 0 Å². The highest BCUT2D eigenvalue weighted by Gasteiger charge is 2.30. The Kier molecular flexibility index (Phi) is 4.35. The number of methoxy groups -OCH3 is 1. The number of carbonyl (C=O) groups is 1. The van der Waals surface area contributed by atoms with Crippen LogP contribution in [0.5, 0.6) is 0 Å². The summed E-state index contributed by atoms with van der Waals surface area (Å²) in [5.41, 5.74) is 5.68. The molecule has 0 bridgehead atoms. The molecule has 1 heterocycles. The van der Waals surface area contributed by atoms with Crippen molar-refractivity contribution in [2.45, 2.75) is 25.8 Å². The van der Waals surface area contributed by atoms with Gasteiger partial charge >= 0.3 is 0 Å². The van der Waals surface area contributed by atoms with E-state index in [1.807, 2.05) is 4.90 Å². The third kappa shape index (κ3) is 2.45. The number of amides is 1. The first-order valence-electron chi connectivity index (χ1n) is 5.19. The molecule has 82 valence electrons. The number of piperidine rings is 1. The number of nitrogens with two attached hydrogens (primary N) is 1. The van der Waals surface area contributed by atoms with E-state index in [2.05, 4.69) is 6.92 Å². The Bertz CT molecular complexity index is 197. The predicted molar refractivity (Wildman–Crippen MR) is 54.8 cm³/mol. The Labute approximate surface area is 85.4 Å². The summed E-state index contributed by atoms with van der Waals surface area (Å²) < 4.78 is 4.85. The molecule has 0 aromatic heterocycles. The zero-order valence-electron chi connectivity index (χ0n) is 9.03. The van der Waals surface area contributed by atoms with Crippen LogP contribution in [0.25, 0.3) is 0 Å². The van der Waals surface area contributed by atoms with E-state index in [4.69, 9.17) is 10.5 Å². The van der Waals surface area contributed by atoms with E-state index in [1.54, 1.807) is 7.11 Å². The number of ether oxygens (including phenoxy) is 1. The van der Waals surface area contributed by atoms with Crippen LogP contribution in [0.15, 0.2) is 0 Å². The molecule has 1 aliphatic heterocycles. The average Bonchev–Trinajstić information content (AvgIpc) is 2.17. The maximum absolute atomic E-state index is 11.7. The highest BCUT2D eigenvalue weighted by molar-refractivity contribution is 5.78. The predicted octanol–water partition coefficient (Wildman–Crippen LogP) is 0.219. The topological polar surface area (TPSA) is 55.6 Å². The molecule has 1 aliphatic rings. The second-order valence-corrected chi connectivity index (χ2v) is 3.94. The third-order valence-corrected chi connectivity index (χ3v) is 2.95. The summed E-state index contributed by atoms with van der Waals surface area (Å²) in [6, 6.07) is 0.200. The van der Waals surface area contributed by atoms with E-state index >= 15 is 0 Å². The molecule has 2 unspecified atom stereocenters. The molecular weight excluding hydrogens is 180 g/mol. The Morgan fingerprint density at radius 1 is 1.64 bits per heavy atom. The summed E-state index contributed by atoms with van der Waals surface area (Å²) in [4.78, 5) is 13.5. The smallest absolute Gasteiger partial charge is 0.248 e. The fraction of sp³-hybridized carbons (Fsp3) is 0.900. The molecule has 1 amide bonds. The Hall–Kier alpha value is -0.610. The van der Waals surface area contributed by atoms with E-state index in [1.165, 1.54) is 6.42 Å². The lowest BCUT2D eigenvalue weighted by atomic mass is 9.91. The molecule has 4 heteroatoms. The third-order valence-electron chi connectivity index (χ3n) is 2.95. The van der Waals surface area contributed by atoms with Crippen molar-refractivity contribution in [1.29, 1.82) is 0 Å². The molecule has 4 nitrogen and oxygen atoms in total. The maximum atomic E-state index is 11.7. The Morgan fingerprint density at radius 3 is 2.93 bits per heavy atom. The lowest BCUT2D eigenvalue weighted by molar-refractivity contribution is -0.140. The largest absolute Gasteiger partial charge is 0.375 e. The molecule has 1 fully saturated rings. The molecule has 0 radical (unpaired) electrons. The average molecular weight is 200 g/mol. The number of likely N-dealkylation sites (tertiary alicyclic amines) is 1. The van der Waals surface area contributed by atoms with Crippen LogP contribution in [0, 0.1) is 5.92 Å². The van der Waals surface area contributed by atoms with Crippen molar-refractivity contribution < 1.29 is 9.53 Å². The fourth-order valence-corrected chi connectivity index (χ4v) is 2.12. The van der Waals surface area contributed by atoms with Gasteiger partial charge in [-0.25, -0.2) is 0 Å². The highest BCUT2D eigenvalue weighted by atomic mass is 16.5. The van der Waals surface area contributed by atoms with Gasteiger partial charge in [0.1, 0.15) is 6.61 Å². The maximum Gasteiger partial charge on any atom is 0.248 e. The summed E-state index contributed by atoms with van der Waals surface area (Å²) in [5, 5.41) is 0. The summed E-state index contributed by atoms with van der Waals surface area (Å²) in [6.07, 6.45) is 2.24. The second kappa shape index (κ2) is 5.32. The summed E-state index contributed by atoms with van der Waals surface area (Å²) >= 11 is 0. The zero-order chi connectivity index (χ0) is 10.6. The molecule has 2 N–H and O–H groups in total. The number of hydrogen-bond donors (Lipinski definition) is 1. The molecule has 0 spiro atoms. The van der Waals surface area contributed by atoms with E-state index in [0.29, 0.717) is 12.5 Å². The molecular formula is C10H20N2O2. The van der Waals surface area contributed by atoms with Crippen molar-refractivity contribution in [1.82, 2.24) is 4.90 Å². The minimum Gasteiger partial charge on any atom is -0.375 e. The number of hydrogen-bond acceptors (Lipinski definition) is 3. The van der Waals surface area contributed by atoms with Gasteiger partial charge in [0, 0.05) is 26.2 Å². The molecule has 14 heavy (non-hydrogen) atoms. The molecule has 0 aromatic carbocycles. The van der Waals surface area contributed by atoms with Crippen LogP contribution in [0.2, 0.25) is 0 Å². The molecule has 2 atom stereocenters. The Morgan fingerprint density at radius 2 is 2.36 bits per heavy atom. The first-order chi connectivity index (χ1) is 6.70. The van der Waals surface area contributed by atoms with Gasteiger partial charge in [0.25, 0.3) is 0 Å². The van der Waals surface area contributed by atoms with Crippen molar-refractivity contribution >= 4 is 5.91 Å². The van der Waals surface area contributed by atoms with E-state index in [0.717, 1.165) is 13.0 Å². The van der Waals surface area contributed by atoms with Gasteiger partial charge in [0.05, 0.1) is 0 Å². The number of rotatable bonds is 3. The number of carbonyl (C=O) groups excluding carboxylic acids is 1. The fourth-order valence-electron chi connectivity index (χ4n) is 2.12. The lowest BCUT2D eigenvalue weighted by Crippen LogP contribution is -2.52. The van der Waals surface area contributed by atoms with Gasteiger partial charge in [0.15, 0.2) is 0 Å². The summed E-state index contributed by atoms with van der Waals surface area (Å²) in [6.45, 7) is 3.71. The van der Waals surface area contributed by atoms with Gasteiger partial charge in [-0.3, -0.25) is 4.79 Å². The van der Waals surface area contributed by atoms with Crippen molar-refractivity contribution in [2.75, 3.05) is 26.8 Å². The van der Waals surface area contributed by atoms with E-state index < -0.39 is 0 Å². The lowest BCUT2D eigenvalue weighted by Gasteiger charge is -2.39. The van der Waals surface area contributed by atoms with Gasteiger partial charge in [-0.1, -0.05) is 6.92 Å². The van der Waals surface area contributed by atoms with Crippen molar-refractivity contribution in [2.24, 2.45) is 11.7 Å². The minimum atomic E-state index is 0.0644. The monoisotopic (exact) mass is 200 g/mol. The van der Waals surface area contributed by atoms with Gasteiger partial charge in [-0.05, 0) is 18.8 Å². The van der Waals surface area contributed by atoms with Crippen molar-refractivity contribution in [3.63, 3.8) is 0 Å². The normalized spacial score (nSPS) is 27.8. The second-order valence-electron chi connectivity index (χ2n) is 3.94. The molecule has 0 aliphatic carbocycles. The molecule has 1 saturated heterocycles. The Balaban J connectivity index is 2.59. The van der Waals surface area contributed by atoms with Gasteiger partial charge in [0.2, 0.25) is 5.91 Å². The van der Waals surface area contributed by atoms with Crippen LogP contribution in [0.1, 0.15) is 19.8 Å². The highest BCUT2D eigenvalue weighted by Crippen LogP contribution is 2.22. The van der Waals surface area contributed by atoms with Crippen LogP contribution < -0.4 is 5.73 Å². The summed E-state index contributed by atoms with van der Waals surface area (Å²) in [5.74, 6) is 0.573. The minimum absolute atomic E-state index is 0.0644. The van der Waals surface area contributed by atoms with Crippen LogP contribution in [0.3, 0.4) is 0 Å².